The summed E-state index contributed by atoms with van der Waals surface area (Å²) in [6, 6.07) is 8.82. The summed E-state index contributed by atoms with van der Waals surface area (Å²) in [7, 11) is 3.50. The Morgan fingerprint density at radius 2 is 1.74 bits per heavy atom. The Morgan fingerprint density at radius 3 is 2.35 bits per heavy atom. The number of hydrogen-bond acceptors (Lipinski definition) is 4. The predicted octanol–water partition coefficient (Wildman–Crippen LogP) is 1.87. The number of carbonyl (C=O) groups is 1. The summed E-state index contributed by atoms with van der Waals surface area (Å²) >= 11 is 0. The third-order valence-electron chi connectivity index (χ3n) is 5.44. The fourth-order valence-corrected chi connectivity index (χ4v) is 3.29. The van der Waals surface area contributed by atoms with Crippen molar-refractivity contribution < 1.29 is 9.53 Å². The lowest BCUT2D eigenvalue weighted by Gasteiger charge is -2.26. The van der Waals surface area contributed by atoms with E-state index in [1.807, 2.05) is 0 Å². The molecule has 31 heavy (non-hydrogen) atoms. The van der Waals surface area contributed by atoms with Crippen LogP contribution < -0.4 is 10.6 Å². The first kappa shape index (κ1) is 25.1. The Kier molecular flexibility index (Phi) is 10.3. The maximum atomic E-state index is 11.9. The number of nitrogens with zero attached hydrogens (tertiary/aromatic N) is 3. The quantitative estimate of drug-likeness (QED) is 0.355. The van der Waals surface area contributed by atoms with Gasteiger partial charge in [0.25, 0.3) is 0 Å². The van der Waals surface area contributed by atoms with Crippen LogP contribution in [0.15, 0.2) is 29.3 Å². The SMILES string of the molecule is CN(C)C(=O)CN=C(NCCCN1CCOCC1)NCCc1ccc(C(C)(C)C)cc1. The van der Waals surface area contributed by atoms with Crippen molar-refractivity contribution in [3.63, 3.8) is 0 Å². The molecular weight excluding hydrogens is 390 g/mol. The average molecular weight is 432 g/mol. The highest BCUT2D eigenvalue weighted by Crippen LogP contribution is 2.22. The van der Waals surface area contributed by atoms with E-state index in [2.05, 4.69) is 65.6 Å². The van der Waals surface area contributed by atoms with Crippen molar-refractivity contribution in [3.05, 3.63) is 35.4 Å². The molecule has 0 spiro atoms. The number of ether oxygens (including phenoxy) is 1. The lowest BCUT2D eigenvalue weighted by molar-refractivity contribution is -0.127. The number of rotatable bonds is 9. The molecule has 1 aromatic carbocycles. The second-order valence-electron chi connectivity index (χ2n) is 9.31. The van der Waals surface area contributed by atoms with Crippen molar-refractivity contribution in [1.29, 1.82) is 0 Å². The monoisotopic (exact) mass is 431 g/mol. The van der Waals surface area contributed by atoms with Crippen LogP contribution >= 0.6 is 0 Å². The van der Waals surface area contributed by atoms with Crippen LogP contribution in [0.4, 0.5) is 0 Å². The van der Waals surface area contributed by atoms with Gasteiger partial charge in [-0.25, -0.2) is 4.99 Å². The van der Waals surface area contributed by atoms with E-state index in [0.717, 1.165) is 58.8 Å². The number of guanidine groups is 1. The summed E-state index contributed by atoms with van der Waals surface area (Å²) in [4.78, 5) is 20.4. The van der Waals surface area contributed by atoms with Gasteiger partial charge < -0.3 is 20.3 Å². The molecule has 2 rings (SSSR count). The van der Waals surface area contributed by atoms with Crippen molar-refractivity contribution in [1.82, 2.24) is 20.4 Å². The maximum absolute atomic E-state index is 11.9. The van der Waals surface area contributed by atoms with Crippen LogP contribution in [0.5, 0.6) is 0 Å². The first-order valence-electron chi connectivity index (χ1n) is 11.4. The lowest BCUT2D eigenvalue weighted by Crippen LogP contribution is -2.41. The van der Waals surface area contributed by atoms with Crippen LogP contribution in [0.3, 0.4) is 0 Å². The van der Waals surface area contributed by atoms with E-state index in [0.29, 0.717) is 5.96 Å². The average Bonchev–Trinajstić information content (AvgIpc) is 2.74. The first-order chi connectivity index (χ1) is 14.8. The van der Waals surface area contributed by atoms with Gasteiger partial charge in [-0.3, -0.25) is 9.69 Å². The molecule has 1 aliphatic rings. The highest BCUT2D eigenvalue weighted by atomic mass is 16.5. The number of aliphatic imine (C=N–C) groups is 1. The first-order valence-corrected chi connectivity index (χ1v) is 11.4. The highest BCUT2D eigenvalue weighted by Gasteiger charge is 2.13. The largest absolute Gasteiger partial charge is 0.379 e. The normalized spacial score (nSPS) is 15.6. The highest BCUT2D eigenvalue weighted by molar-refractivity contribution is 5.84. The zero-order chi connectivity index (χ0) is 22.7. The molecule has 1 aromatic rings. The summed E-state index contributed by atoms with van der Waals surface area (Å²) in [5.74, 6) is 0.690. The Morgan fingerprint density at radius 1 is 1.10 bits per heavy atom. The van der Waals surface area contributed by atoms with Gasteiger partial charge in [0.1, 0.15) is 6.54 Å². The van der Waals surface area contributed by atoms with Gasteiger partial charge in [0.2, 0.25) is 5.91 Å². The van der Waals surface area contributed by atoms with Gasteiger partial charge in [-0.1, -0.05) is 45.0 Å². The molecule has 174 valence electrons. The third kappa shape index (κ3) is 9.70. The number of hydrogen-bond donors (Lipinski definition) is 2. The second-order valence-corrected chi connectivity index (χ2v) is 9.31. The lowest BCUT2D eigenvalue weighted by atomic mass is 9.86. The van der Waals surface area contributed by atoms with Crippen molar-refractivity contribution in [2.75, 3.05) is 66.6 Å². The summed E-state index contributed by atoms with van der Waals surface area (Å²) < 4.78 is 5.40. The molecule has 0 unspecified atom stereocenters. The minimum Gasteiger partial charge on any atom is -0.379 e. The fraction of sp³-hybridized carbons (Fsp3) is 0.667. The maximum Gasteiger partial charge on any atom is 0.243 e. The molecule has 2 N–H and O–H groups in total. The van der Waals surface area contributed by atoms with E-state index >= 15 is 0 Å². The van der Waals surface area contributed by atoms with Gasteiger partial charge in [0, 0.05) is 40.3 Å². The van der Waals surface area contributed by atoms with E-state index in [1.54, 1.807) is 19.0 Å². The number of morpholine rings is 1. The molecule has 0 aliphatic carbocycles. The number of nitrogens with one attached hydrogen (secondary N) is 2. The number of carbonyl (C=O) groups excluding carboxylic acids is 1. The van der Waals surface area contributed by atoms with Crippen molar-refractivity contribution in [2.45, 2.75) is 39.0 Å². The van der Waals surface area contributed by atoms with Crippen LogP contribution in [0.1, 0.15) is 38.3 Å². The molecule has 0 radical (unpaired) electrons. The molecule has 0 bridgehead atoms. The summed E-state index contributed by atoms with van der Waals surface area (Å²) in [6.07, 6.45) is 1.93. The molecule has 1 fully saturated rings. The molecule has 0 saturated carbocycles. The van der Waals surface area contributed by atoms with E-state index in [-0.39, 0.29) is 17.9 Å². The van der Waals surface area contributed by atoms with E-state index in [1.165, 1.54) is 11.1 Å². The Bertz CT molecular complexity index is 689. The zero-order valence-electron chi connectivity index (χ0n) is 20.0. The minimum absolute atomic E-state index is 0.00724. The summed E-state index contributed by atoms with van der Waals surface area (Å²) in [6.45, 7) is 13.1. The molecule has 0 atom stereocenters. The van der Waals surface area contributed by atoms with E-state index < -0.39 is 0 Å². The van der Waals surface area contributed by atoms with Crippen LogP contribution in [-0.2, 0) is 21.4 Å². The minimum atomic E-state index is -0.00724. The summed E-state index contributed by atoms with van der Waals surface area (Å²) in [5.41, 5.74) is 2.80. The Hall–Kier alpha value is -2.12. The van der Waals surface area contributed by atoms with Gasteiger partial charge in [-0.15, -0.1) is 0 Å². The Balaban J connectivity index is 1.81. The van der Waals surface area contributed by atoms with Gasteiger partial charge in [0.05, 0.1) is 13.2 Å². The number of likely N-dealkylation sites (N-methyl/N-ethyl adjacent to an activating group) is 1. The number of amides is 1. The van der Waals surface area contributed by atoms with E-state index in [4.69, 9.17) is 4.74 Å². The van der Waals surface area contributed by atoms with E-state index in [9.17, 15) is 4.79 Å². The van der Waals surface area contributed by atoms with Gasteiger partial charge in [-0.2, -0.15) is 0 Å². The molecule has 1 heterocycles. The third-order valence-corrected chi connectivity index (χ3v) is 5.44. The smallest absolute Gasteiger partial charge is 0.243 e. The standard InChI is InChI=1S/C24H41N5O2/c1-24(2,3)21-9-7-20(8-10-21)11-13-26-23(27-19-22(30)28(4)5)25-12-6-14-29-15-17-31-18-16-29/h7-10H,6,11-19H2,1-5H3,(H2,25,26,27). The molecule has 0 aromatic heterocycles. The Labute approximate surface area is 188 Å². The molecule has 1 aliphatic heterocycles. The topological polar surface area (TPSA) is 69.2 Å². The summed E-state index contributed by atoms with van der Waals surface area (Å²) in [5, 5.41) is 6.76. The number of benzene rings is 1. The fourth-order valence-electron chi connectivity index (χ4n) is 3.29. The van der Waals surface area contributed by atoms with Gasteiger partial charge in [0.15, 0.2) is 5.96 Å². The second kappa shape index (κ2) is 12.7. The van der Waals surface area contributed by atoms with Crippen molar-refractivity contribution in [2.24, 2.45) is 4.99 Å². The molecular formula is C24H41N5O2. The molecule has 7 heteroatoms. The van der Waals surface area contributed by atoms with Crippen LogP contribution in [-0.4, -0.2) is 88.2 Å². The van der Waals surface area contributed by atoms with Crippen LogP contribution in [0.25, 0.3) is 0 Å². The zero-order valence-corrected chi connectivity index (χ0v) is 20.0. The van der Waals surface area contributed by atoms with Crippen molar-refractivity contribution >= 4 is 11.9 Å². The van der Waals surface area contributed by atoms with Gasteiger partial charge >= 0.3 is 0 Å². The van der Waals surface area contributed by atoms with Crippen molar-refractivity contribution in [3.8, 4) is 0 Å². The molecule has 7 nitrogen and oxygen atoms in total. The molecule has 1 amide bonds. The van der Waals surface area contributed by atoms with Gasteiger partial charge in [-0.05, 0) is 35.9 Å². The predicted molar refractivity (Wildman–Crippen MR) is 128 cm³/mol. The van der Waals surface area contributed by atoms with Crippen LogP contribution in [0.2, 0.25) is 0 Å². The van der Waals surface area contributed by atoms with Crippen LogP contribution in [0, 0.1) is 0 Å². The molecule has 1 saturated heterocycles.